The second-order valence-electron chi connectivity index (χ2n) is 4.92. The molecule has 0 aliphatic rings. The summed E-state index contributed by atoms with van der Waals surface area (Å²) in [4.78, 5) is 16.1. The predicted octanol–water partition coefficient (Wildman–Crippen LogP) is 3.77. The second kappa shape index (κ2) is 7.22. The molecule has 1 aromatic heterocycles. The lowest BCUT2D eigenvalue weighted by Gasteiger charge is -2.11. The van der Waals surface area contributed by atoms with Crippen LogP contribution in [0.4, 0.5) is 5.69 Å². The first-order valence-corrected chi connectivity index (χ1v) is 7.31. The zero-order valence-corrected chi connectivity index (χ0v) is 12.5. The van der Waals surface area contributed by atoms with Crippen LogP contribution in [0.5, 0.6) is 5.88 Å². The summed E-state index contributed by atoms with van der Waals surface area (Å²) in [6, 6.07) is 22.9. The molecular formula is C19H16N2O2. The van der Waals surface area contributed by atoms with Gasteiger partial charge in [-0.15, -0.1) is 0 Å². The highest BCUT2D eigenvalue weighted by Crippen LogP contribution is 2.27. The van der Waals surface area contributed by atoms with Gasteiger partial charge >= 0.3 is 0 Å². The molecule has 0 aliphatic carbocycles. The number of nitrogens with zero attached hydrogens (tertiary/aromatic N) is 1. The van der Waals surface area contributed by atoms with Gasteiger partial charge in [0, 0.05) is 23.5 Å². The van der Waals surface area contributed by atoms with E-state index in [1.807, 2.05) is 60.7 Å². The Labute approximate surface area is 134 Å². The SMILES string of the molecule is O=C(COc1ccccn1)Nc1ccccc1-c1ccccc1. The fourth-order valence-corrected chi connectivity index (χ4v) is 2.22. The van der Waals surface area contributed by atoms with Crippen molar-refractivity contribution in [2.45, 2.75) is 0 Å². The summed E-state index contributed by atoms with van der Waals surface area (Å²) in [5, 5.41) is 2.89. The molecule has 0 spiro atoms. The van der Waals surface area contributed by atoms with E-state index in [1.54, 1.807) is 18.3 Å². The minimum atomic E-state index is -0.223. The molecule has 4 nitrogen and oxygen atoms in total. The molecule has 114 valence electrons. The maximum atomic E-state index is 12.1. The van der Waals surface area contributed by atoms with Crippen LogP contribution < -0.4 is 10.1 Å². The van der Waals surface area contributed by atoms with Crippen LogP contribution >= 0.6 is 0 Å². The summed E-state index contributed by atoms with van der Waals surface area (Å²) >= 11 is 0. The molecule has 2 aromatic carbocycles. The topological polar surface area (TPSA) is 51.2 Å². The maximum Gasteiger partial charge on any atom is 0.262 e. The highest BCUT2D eigenvalue weighted by Gasteiger charge is 2.08. The third kappa shape index (κ3) is 3.95. The molecule has 1 amide bonds. The van der Waals surface area contributed by atoms with E-state index in [0.29, 0.717) is 5.88 Å². The zero-order chi connectivity index (χ0) is 15.9. The number of hydrogen-bond acceptors (Lipinski definition) is 3. The molecule has 0 fully saturated rings. The number of anilines is 1. The number of amides is 1. The molecule has 0 aliphatic heterocycles. The van der Waals surface area contributed by atoms with E-state index in [2.05, 4.69) is 10.3 Å². The monoisotopic (exact) mass is 304 g/mol. The van der Waals surface area contributed by atoms with Gasteiger partial charge in [-0.2, -0.15) is 0 Å². The van der Waals surface area contributed by atoms with E-state index in [4.69, 9.17) is 4.74 Å². The van der Waals surface area contributed by atoms with Crippen LogP contribution in [0.15, 0.2) is 79.0 Å². The van der Waals surface area contributed by atoms with Crippen molar-refractivity contribution < 1.29 is 9.53 Å². The molecule has 3 rings (SSSR count). The first-order chi connectivity index (χ1) is 11.3. The fourth-order valence-electron chi connectivity index (χ4n) is 2.22. The Morgan fingerprint density at radius 1 is 0.913 bits per heavy atom. The van der Waals surface area contributed by atoms with Gasteiger partial charge in [0.1, 0.15) is 0 Å². The third-order valence-corrected chi connectivity index (χ3v) is 3.27. The Balaban J connectivity index is 1.69. The highest BCUT2D eigenvalue weighted by molar-refractivity contribution is 5.96. The molecule has 1 heterocycles. The number of aromatic nitrogens is 1. The number of rotatable bonds is 5. The second-order valence-corrected chi connectivity index (χ2v) is 4.92. The molecule has 4 heteroatoms. The number of nitrogens with one attached hydrogen (secondary N) is 1. The van der Waals surface area contributed by atoms with Crippen LogP contribution in [0.25, 0.3) is 11.1 Å². The molecule has 0 saturated heterocycles. The number of hydrogen-bond donors (Lipinski definition) is 1. The minimum Gasteiger partial charge on any atom is -0.468 e. The van der Waals surface area contributed by atoms with Crippen LogP contribution in [0.1, 0.15) is 0 Å². The number of pyridine rings is 1. The Morgan fingerprint density at radius 3 is 2.43 bits per heavy atom. The number of ether oxygens (including phenoxy) is 1. The third-order valence-electron chi connectivity index (χ3n) is 3.27. The first-order valence-electron chi connectivity index (χ1n) is 7.31. The Kier molecular flexibility index (Phi) is 4.64. The van der Waals surface area contributed by atoms with E-state index in [1.165, 1.54) is 0 Å². The van der Waals surface area contributed by atoms with E-state index in [-0.39, 0.29) is 12.5 Å². The van der Waals surface area contributed by atoms with Gasteiger partial charge in [-0.3, -0.25) is 4.79 Å². The number of carbonyl (C=O) groups is 1. The summed E-state index contributed by atoms with van der Waals surface area (Å²) in [6.07, 6.45) is 1.62. The van der Waals surface area contributed by atoms with Gasteiger partial charge in [0.25, 0.3) is 5.91 Å². The Bertz CT molecular complexity index is 774. The molecule has 0 bridgehead atoms. The van der Waals surface area contributed by atoms with Crippen LogP contribution in [0, 0.1) is 0 Å². The lowest BCUT2D eigenvalue weighted by atomic mass is 10.0. The van der Waals surface area contributed by atoms with Gasteiger partial charge in [-0.1, -0.05) is 54.6 Å². The smallest absolute Gasteiger partial charge is 0.262 e. The van der Waals surface area contributed by atoms with Crippen LogP contribution in [0.2, 0.25) is 0 Å². The molecule has 0 radical (unpaired) electrons. The van der Waals surface area contributed by atoms with Crippen molar-refractivity contribution in [2.24, 2.45) is 0 Å². The van der Waals surface area contributed by atoms with Crippen molar-refractivity contribution in [1.29, 1.82) is 0 Å². The van der Waals surface area contributed by atoms with E-state index in [0.717, 1.165) is 16.8 Å². The molecule has 0 saturated carbocycles. The first kappa shape index (κ1) is 14.8. The van der Waals surface area contributed by atoms with Gasteiger partial charge in [0.05, 0.1) is 0 Å². The molecule has 3 aromatic rings. The zero-order valence-electron chi connectivity index (χ0n) is 12.5. The number of carbonyl (C=O) groups excluding carboxylic acids is 1. The van der Waals surface area contributed by atoms with Crippen molar-refractivity contribution in [3.8, 4) is 17.0 Å². The predicted molar refractivity (Wildman–Crippen MR) is 90.2 cm³/mol. The standard InChI is InChI=1S/C19H16N2O2/c22-18(14-23-19-12-6-7-13-20-19)21-17-11-5-4-10-16(17)15-8-2-1-3-9-15/h1-13H,14H2,(H,21,22). The van der Waals surface area contributed by atoms with Crippen LogP contribution in [-0.2, 0) is 4.79 Å². The molecule has 0 atom stereocenters. The van der Waals surface area contributed by atoms with E-state index >= 15 is 0 Å². The van der Waals surface area contributed by atoms with Crippen molar-refractivity contribution in [1.82, 2.24) is 4.98 Å². The van der Waals surface area contributed by atoms with Crippen molar-refractivity contribution in [3.63, 3.8) is 0 Å². The van der Waals surface area contributed by atoms with Gasteiger partial charge in [-0.25, -0.2) is 4.98 Å². The molecule has 23 heavy (non-hydrogen) atoms. The summed E-state index contributed by atoms with van der Waals surface area (Å²) in [6.45, 7) is -0.0832. The summed E-state index contributed by atoms with van der Waals surface area (Å²) < 4.78 is 5.36. The molecule has 1 N–H and O–H groups in total. The van der Waals surface area contributed by atoms with Gasteiger partial charge in [-0.05, 0) is 17.7 Å². The summed E-state index contributed by atoms with van der Waals surface area (Å²) in [5.41, 5.74) is 2.78. The van der Waals surface area contributed by atoms with E-state index in [9.17, 15) is 4.79 Å². The number of benzene rings is 2. The normalized spacial score (nSPS) is 10.1. The maximum absolute atomic E-state index is 12.1. The lowest BCUT2D eigenvalue weighted by Crippen LogP contribution is -2.20. The average Bonchev–Trinajstić information content (AvgIpc) is 2.62. The van der Waals surface area contributed by atoms with E-state index < -0.39 is 0 Å². The Morgan fingerprint density at radius 2 is 1.65 bits per heavy atom. The average molecular weight is 304 g/mol. The Hall–Kier alpha value is -3.14. The summed E-state index contributed by atoms with van der Waals surface area (Å²) in [7, 11) is 0. The van der Waals surface area contributed by atoms with Gasteiger partial charge in [0.15, 0.2) is 6.61 Å². The minimum absolute atomic E-state index is 0.0832. The molecular weight excluding hydrogens is 288 g/mol. The van der Waals surface area contributed by atoms with Crippen molar-refractivity contribution >= 4 is 11.6 Å². The highest BCUT2D eigenvalue weighted by atomic mass is 16.5. The summed E-state index contributed by atoms with van der Waals surface area (Å²) in [5.74, 6) is 0.207. The van der Waals surface area contributed by atoms with Crippen LogP contribution in [-0.4, -0.2) is 17.5 Å². The molecule has 0 unspecified atom stereocenters. The van der Waals surface area contributed by atoms with Gasteiger partial charge in [0.2, 0.25) is 5.88 Å². The van der Waals surface area contributed by atoms with Crippen molar-refractivity contribution in [2.75, 3.05) is 11.9 Å². The van der Waals surface area contributed by atoms with Gasteiger partial charge < -0.3 is 10.1 Å². The lowest BCUT2D eigenvalue weighted by molar-refractivity contribution is -0.118. The quantitative estimate of drug-likeness (QED) is 0.780. The largest absolute Gasteiger partial charge is 0.468 e. The fraction of sp³-hybridized carbons (Fsp3) is 0.0526. The van der Waals surface area contributed by atoms with Crippen molar-refractivity contribution in [3.05, 3.63) is 79.0 Å². The number of para-hydroxylation sites is 1. The van der Waals surface area contributed by atoms with Crippen LogP contribution in [0.3, 0.4) is 0 Å².